The second-order valence-electron chi connectivity index (χ2n) is 8.50. The Morgan fingerprint density at radius 1 is 1.12 bits per heavy atom. The normalized spacial score (nSPS) is 33.5. The lowest BCUT2D eigenvalue weighted by Crippen LogP contribution is -2.54. The summed E-state index contributed by atoms with van der Waals surface area (Å²) >= 11 is 0. The maximum atomic E-state index is 12.9. The second-order valence-corrected chi connectivity index (χ2v) is 8.50. The highest BCUT2D eigenvalue weighted by atomic mass is 16.5. The van der Waals surface area contributed by atoms with Crippen LogP contribution in [0.5, 0.6) is 5.75 Å². The summed E-state index contributed by atoms with van der Waals surface area (Å²) in [6, 6.07) is 6.12. The summed E-state index contributed by atoms with van der Waals surface area (Å²) in [6.45, 7) is 5.33. The van der Waals surface area contributed by atoms with Crippen molar-refractivity contribution in [3.8, 4) is 5.75 Å². The first-order valence-corrected chi connectivity index (χ1v) is 9.53. The van der Waals surface area contributed by atoms with E-state index in [9.17, 15) is 4.79 Å². The molecule has 1 aromatic rings. The van der Waals surface area contributed by atoms with Gasteiger partial charge in [-0.25, -0.2) is 0 Å². The van der Waals surface area contributed by atoms with Gasteiger partial charge in [-0.15, -0.1) is 0 Å². The maximum Gasteiger partial charge on any atom is 0.226 e. The molecule has 3 heteroatoms. The number of ether oxygens (including phenoxy) is 1. The van der Waals surface area contributed by atoms with E-state index >= 15 is 0 Å². The number of hydrogen-bond donors (Lipinski definition) is 1. The Kier molecular flexibility index (Phi) is 4.06. The van der Waals surface area contributed by atoms with Gasteiger partial charge >= 0.3 is 0 Å². The summed E-state index contributed by atoms with van der Waals surface area (Å²) in [5.74, 6) is 3.67. The molecule has 1 amide bonds. The SMILES string of the molecule is Cc1cccc(OCCNC(=O)C23CC4CC(CC(C4)C2)C3)c1C. The average Bonchev–Trinajstić information content (AvgIpc) is 2.54. The zero-order valence-corrected chi connectivity index (χ0v) is 14.9. The summed E-state index contributed by atoms with van der Waals surface area (Å²) < 4.78 is 5.87. The number of hydrogen-bond acceptors (Lipinski definition) is 2. The van der Waals surface area contributed by atoms with Gasteiger partial charge in [-0.05, 0) is 87.3 Å². The van der Waals surface area contributed by atoms with E-state index in [1.165, 1.54) is 30.4 Å². The van der Waals surface area contributed by atoms with E-state index in [0.29, 0.717) is 19.1 Å². The standard InChI is InChI=1S/C21H29NO2/c1-14-4-3-5-19(15(14)2)24-7-6-22-20(23)21-11-16-8-17(12-21)10-18(9-16)13-21/h3-5,16-18H,6-13H2,1-2H3,(H,22,23). The molecule has 1 aromatic carbocycles. The van der Waals surface area contributed by atoms with Crippen molar-refractivity contribution in [2.24, 2.45) is 23.2 Å². The highest BCUT2D eigenvalue weighted by Gasteiger charge is 2.54. The number of nitrogens with one attached hydrogen (secondary N) is 1. The number of benzene rings is 1. The lowest BCUT2D eigenvalue weighted by molar-refractivity contribution is -0.146. The molecular formula is C21H29NO2. The van der Waals surface area contributed by atoms with Crippen LogP contribution in [0.1, 0.15) is 49.7 Å². The molecule has 0 aliphatic heterocycles. The van der Waals surface area contributed by atoms with Gasteiger partial charge in [-0.3, -0.25) is 4.79 Å². The average molecular weight is 327 g/mol. The van der Waals surface area contributed by atoms with Crippen LogP contribution < -0.4 is 10.1 Å². The van der Waals surface area contributed by atoms with Gasteiger partial charge in [-0.1, -0.05) is 12.1 Å². The van der Waals surface area contributed by atoms with Gasteiger partial charge < -0.3 is 10.1 Å². The molecule has 4 aliphatic carbocycles. The van der Waals surface area contributed by atoms with Crippen LogP contribution in [-0.2, 0) is 4.79 Å². The number of carbonyl (C=O) groups is 1. The van der Waals surface area contributed by atoms with Crippen molar-refractivity contribution in [2.45, 2.75) is 52.4 Å². The highest BCUT2D eigenvalue weighted by molar-refractivity contribution is 5.83. The fourth-order valence-electron chi connectivity index (χ4n) is 5.78. The lowest BCUT2D eigenvalue weighted by atomic mass is 9.49. The van der Waals surface area contributed by atoms with Crippen molar-refractivity contribution >= 4 is 5.91 Å². The smallest absolute Gasteiger partial charge is 0.226 e. The van der Waals surface area contributed by atoms with E-state index in [1.54, 1.807) is 0 Å². The largest absolute Gasteiger partial charge is 0.491 e. The monoisotopic (exact) mass is 327 g/mol. The maximum absolute atomic E-state index is 12.9. The fourth-order valence-corrected chi connectivity index (χ4v) is 5.78. The zero-order chi connectivity index (χ0) is 16.7. The second kappa shape index (κ2) is 6.09. The quantitative estimate of drug-likeness (QED) is 0.830. The van der Waals surface area contributed by atoms with E-state index in [2.05, 4.69) is 25.2 Å². The number of amides is 1. The number of carbonyl (C=O) groups excluding carboxylic acids is 1. The number of rotatable bonds is 5. The molecule has 24 heavy (non-hydrogen) atoms. The van der Waals surface area contributed by atoms with Crippen LogP contribution in [0, 0.1) is 37.0 Å². The van der Waals surface area contributed by atoms with Crippen LogP contribution in [0.25, 0.3) is 0 Å². The van der Waals surface area contributed by atoms with Crippen LogP contribution in [-0.4, -0.2) is 19.1 Å². The van der Waals surface area contributed by atoms with Gasteiger partial charge in [0.15, 0.2) is 0 Å². The molecule has 3 nitrogen and oxygen atoms in total. The van der Waals surface area contributed by atoms with Crippen molar-refractivity contribution in [1.29, 1.82) is 0 Å². The third-order valence-electron chi connectivity index (χ3n) is 6.72. The molecule has 4 saturated carbocycles. The summed E-state index contributed by atoms with van der Waals surface area (Å²) in [5, 5.41) is 3.18. The molecule has 4 aliphatic rings. The molecule has 130 valence electrons. The van der Waals surface area contributed by atoms with Gasteiger partial charge in [0.2, 0.25) is 5.91 Å². The molecule has 0 saturated heterocycles. The van der Waals surface area contributed by atoms with E-state index < -0.39 is 0 Å². The van der Waals surface area contributed by atoms with Crippen LogP contribution in [0.15, 0.2) is 18.2 Å². The molecule has 4 bridgehead atoms. The summed E-state index contributed by atoms with van der Waals surface area (Å²) in [5.41, 5.74) is 2.38. The minimum absolute atomic E-state index is 0.0476. The Bertz CT molecular complexity index is 601. The van der Waals surface area contributed by atoms with Crippen LogP contribution in [0.4, 0.5) is 0 Å². The molecule has 0 heterocycles. The van der Waals surface area contributed by atoms with Gasteiger partial charge in [-0.2, -0.15) is 0 Å². The molecule has 4 fully saturated rings. The Balaban J connectivity index is 1.30. The highest BCUT2D eigenvalue weighted by Crippen LogP contribution is 2.60. The molecule has 0 radical (unpaired) electrons. The van der Waals surface area contributed by atoms with Gasteiger partial charge in [0.25, 0.3) is 0 Å². The predicted octanol–water partition coefficient (Wildman–Crippen LogP) is 4.01. The van der Waals surface area contributed by atoms with Gasteiger partial charge in [0.05, 0.1) is 6.54 Å². The first-order chi connectivity index (χ1) is 11.6. The van der Waals surface area contributed by atoms with Gasteiger partial charge in [0, 0.05) is 5.41 Å². The number of aryl methyl sites for hydroxylation is 1. The third kappa shape index (κ3) is 2.82. The molecular weight excluding hydrogens is 298 g/mol. The fraction of sp³-hybridized carbons (Fsp3) is 0.667. The Labute approximate surface area is 145 Å². The topological polar surface area (TPSA) is 38.3 Å². The summed E-state index contributed by atoms with van der Waals surface area (Å²) in [6.07, 6.45) is 7.51. The van der Waals surface area contributed by atoms with E-state index in [1.807, 2.05) is 12.1 Å². The minimum Gasteiger partial charge on any atom is -0.491 e. The molecule has 0 spiro atoms. The Morgan fingerprint density at radius 2 is 1.75 bits per heavy atom. The van der Waals surface area contributed by atoms with Crippen molar-refractivity contribution in [1.82, 2.24) is 5.32 Å². The molecule has 1 N–H and O–H groups in total. The Morgan fingerprint density at radius 3 is 2.38 bits per heavy atom. The van der Waals surface area contributed by atoms with Gasteiger partial charge in [0.1, 0.15) is 12.4 Å². The predicted molar refractivity (Wildman–Crippen MR) is 95.0 cm³/mol. The molecule has 5 rings (SSSR count). The summed E-state index contributed by atoms with van der Waals surface area (Å²) in [4.78, 5) is 12.9. The summed E-state index contributed by atoms with van der Waals surface area (Å²) in [7, 11) is 0. The lowest BCUT2D eigenvalue weighted by Gasteiger charge is -2.55. The van der Waals surface area contributed by atoms with E-state index in [0.717, 1.165) is 42.8 Å². The van der Waals surface area contributed by atoms with E-state index in [4.69, 9.17) is 4.74 Å². The van der Waals surface area contributed by atoms with Crippen LogP contribution in [0.2, 0.25) is 0 Å². The van der Waals surface area contributed by atoms with Crippen LogP contribution in [0.3, 0.4) is 0 Å². The first-order valence-electron chi connectivity index (χ1n) is 9.53. The van der Waals surface area contributed by atoms with Crippen molar-refractivity contribution in [2.75, 3.05) is 13.2 Å². The zero-order valence-electron chi connectivity index (χ0n) is 14.9. The molecule has 0 atom stereocenters. The molecule has 0 aromatic heterocycles. The van der Waals surface area contributed by atoms with E-state index in [-0.39, 0.29) is 5.41 Å². The van der Waals surface area contributed by atoms with Crippen LogP contribution >= 0.6 is 0 Å². The third-order valence-corrected chi connectivity index (χ3v) is 6.72. The van der Waals surface area contributed by atoms with Crippen molar-refractivity contribution < 1.29 is 9.53 Å². The van der Waals surface area contributed by atoms with Crippen molar-refractivity contribution in [3.63, 3.8) is 0 Å². The van der Waals surface area contributed by atoms with Crippen molar-refractivity contribution in [3.05, 3.63) is 29.3 Å². The minimum atomic E-state index is -0.0476. The molecule has 0 unspecified atom stereocenters. The first kappa shape index (κ1) is 16.0. The Hall–Kier alpha value is -1.51.